The molecule has 1 N–H and O–H groups in total. The molecule has 0 spiro atoms. The van der Waals surface area contributed by atoms with Crippen molar-refractivity contribution in [1.82, 2.24) is 5.43 Å². The zero-order valence-electron chi connectivity index (χ0n) is 11.7. The van der Waals surface area contributed by atoms with Gasteiger partial charge in [-0.15, -0.1) is 0 Å². The number of hydrogen-bond donors (Lipinski definition) is 1. The molecule has 0 heterocycles. The van der Waals surface area contributed by atoms with Crippen molar-refractivity contribution < 1.29 is 14.3 Å². The van der Waals surface area contributed by atoms with Crippen molar-refractivity contribution in [3.05, 3.63) is 65.7 Å². The van der Waals surface area contributed by atoms with Crippen molar-refractivity contribution in [3.8, 4) is 5.75 Å². The first-order valence-corrected chi connectivity index (χ1v) is 6.42. The summed E-state index contributed by atoms with van der Waals surface area (Å²) in [5.41, 5.74) is 4.14. The molecular formula is C16H16N2O3. The van der Waals surface area contributed by atoms with E-state index in [-0.39, 0.29) is 0 Å². The largest absolute Gasteiger partial charge is 0.489 e. The predicted molar refractivity (Wildman–Crippen MR) is 80.4 cm³/mol. The van der Waals surface area contributed by atoms with Crippen LogP contribution in [0.5, 0.6) is 5.75 Å². The van der Waals surface area contributed by atoms with E-state index in [4.69, 9.17) is 4.74 Å². The standard InChI is InChI=1S/C16H16N2O3/c1-20-16(19)18-17-11-14-8-5-9-15(10-14)21-12-13-6-3-2-4-7-13/h2-11H,12H2,1H3,(H,18,19)/b17-11+. The van der Waals surface area contributed by atoms with Crippen LogP contribution in [-0.2, 0) is 11.3 Å². The second-order valence-corrected chi connectivity index (χ2v) is 4.21. The van der Waals surface area contributed by atoms with E-state index < -0.39 is 6.09 Å². The monoisotopic (exact) mass is 284 g/mol. The van der Waals surface area contributed by atoms with Gasteiger partial charge in [0.2, 0.25) is 0 Å². The summed E-state index contributed by atoms with van der Waals surface area (Å²) in [6, 6.07) is 17.4. The van der Waals surface area contributed by atoms with Gasteiger partial charge in [0.25, 0.3) is 0 Å². The molecular weight excluding hydrogens is 268 g/mol. The lowest BCUT2D eigenvalue weighted by Crippen LogP contribution is -2.16. The smallest absolute Gasteiger partial charge is 0.427 e. The van der Waals surface area contributed by atoms with Crippen molar-refractivity contribution in [3.63, 3.8) is 0 Å². The molecule has 2 aromatic carbocycles. The summed E-state index contributed by atoms with van der Waals surface area (Å²) in [6.07, 6.45) is 0.912. The van der Waals surface area contributed by atoms with Gasteiger partial charge in [0, 0.05) is 0 Å². The summed E-state index contributed by atoms with van der Waals surface area (Å²) in [4.78, 5) is 10.9. The number of amides is 1. The summed E-state index contributed by atoms with van der Waals surface area (Å²) < 4.78 is 10.1. The number of nitrogens with zero attached hydrogens (tertiary/aromatic N) is 1. The fourth-order valence-corrected chi connectivity index (χ4v) is 1.63. The lowest BCUT2D eigenvalue weighted by molar-refractivity contribution is 0.171. The van der Waals surface area contributed by atoms with Gasteiger partial charge in [-0.05, 0) is 23.3 Å². The molecule has 0 radical (unpaired) electrons. The molecule has 0 atom stereocenters. The van der Waals surface area contributed by atoms with Gasteiger partial charge in [-0.2, -0.15) is 5.10 Å². The highest BCUT2D eigenvalue weighted by atomic mass is 16.5. The van der Waals surface area contributed by atoms with Crippen molar-refractivity contribution >= 4 is 12.3 Å². The fourth-order valence-electron chi connectivity index (χ4n) is 1.63. The minimum absolute atomic E-state index is 0.502. The number of hydrazone groups is 1. The molecule has 0 saturated carbocycles. The fraction of sp³-hybridized carbons (Fsp3) is 0.125. The average molecular weight is 284 g/mol. The molecule has 2 aromatic rings. The Kier molecular flexibility index (Phi) is 5.34. The van der Waals surface area contributed by atoms with Gasteiger partial charge in [0.15, 0.2) is 0 Å². The van der Waals surface area contributed by atoms with E-state index in [0.717, 1.165) is 16.9 Å². The molecule has 1 amide bonds. The quantitative estimate of drug-likeness (QED) is 0.678. The summed E-state index contributed by atoms with van der Waals surface area (Å²) in [7, 11) is 1.28. The Balaban J connectivity index is 1.93. The third-order valence-electron chi connectivity index (χ3n) is 2.66. The topological polar surface area (TPSA) is 59.9 Å². The molecule has 0 fully saturated rings. The molecule has 0 aliphatic carbocycles. The lowest BCUT2D eigenvalue weighted by atomic mass is 10.2. The van der Waals surface area contributed by atoms with E-state index >= 15 is 0 Å². The zero-order valence-corrected chi connectivity index (χ0v) is 11.7. The number of hydrogen-bond acceptors (Lipinski definition) is 4. The van der Waals surface area contributed by atoms with Crippen molar-refractivity contribution in [2.24, 2.45) is 5.10 Å². The van der Waals surface area contributed by atoms with Crippen LogP contribution >= 0.6 is 0 Å². The van der Waals surface area contributed by atoms with Crippen LogP contribution in [0.25, 0.3) is 0 Å². The molecule has 0 saturated heterocycles. The maximum absolute atomic E-state index is 10.9. The first-order valence-electron chi connectivity index (χ1n) is 6.42. The van der Waals surface area contributed by atoms with Crippen LogP contribution in [0.3, 0.4) is 0 Å². The predicted octanol–water partition coefficient (Wildman–Crippen LogP) is 2.96. The molecule has 2 rings (SSSR count). The number of benzene rings is 2. The van der Waals surface area contributed by atoms with Crippen LogP contribution in [0.2, 0.25) is 0 Å². The normalized spacial score (nSPS) is 10.3. The summed E-state index contributed by atoms with van der Waals surface area (Å²) in [6.45, 7) is 0.502. The van der Waals surface area contributed by atoms with E-state index in [1.165, 1.54) is 13.3 Å². The summed E-state index contributed by atoms with van der Waals surface area (Å²) in [5, 5.41) is 3.77. The second-order valence-electron chi connectivity index (χ2n) is 4.21. The van der Waals surface area contributed by atoms with Crippen LogP contribution in [-0.4, -0.2) is 19.4 Å². The maximum atomic E-state index is 10.9. The van der Waals surface area contributed by atoms with Crippen LogP contribution in [0.15, 0.2) is 59.7 Å². The maximum Gasteiger partial charge on any atom is 0.427 e. The highest BCUT2D eigenvalue weighted by Gasteiger charge is 1.97. The third-order valence-corrected chi connectivity index (χ3v) is 2.66. The highest BCUT2D eigenvalue weighted by Crippen LogP contribution is 2.14. The third kappa shape index (κ3) is 4.99. The van der Waals surface area contributed by atoms with E-state index in [0.29, 0.717) is 6.61 Å². The van der Waals surface area contributed by atoms with Crippen LogP contribution in [0.1, 0.15) is 11.1 Å². The molecule has 0 aliphatic heterocycles. The Morgan fingerprint density at radius 1 is 1.19 bits per heavy atom. The number of carbonyl (C=O) groups excluding carboxylic acids is 1. The SMILES string of the molecule is COC(=O)N/N=C/c1cccc(OCc2ccccc2)c1. The number of methoxy groups -OCH3 is 1. The number of ether oxygens (including phenoxy) is 2. The minimum atomic E-state index is -0.609. The number of nitrogens with one attached hydrogen (secondary N) is 1. The number of carbonyl (C=O) groups is 1. The molecule has 5 heteroatoms. The molecule has 0 bridgehead atoms. The van der Waals surface area contributed by atoms with Gasteiger partial charge in [0.05, 0.1) is 13.3 Å². The first-order chi connectivity index (χ1) is 10.3. The Hall–Kier alpha value is -2.82. The number of rotatable bonds is 5. The Bertz CT molecular complexity index is 612. The molecule has 5 nitrogen and oxygen atoms in total. The van der Waals surface area contributed by atoms with Crippen LogP contribution in [0.4, 0.5) is 4.79 Å². The van der Waals surface area contributed by atoms with E-state index in [2.05, 4.69) is 15.3 Å². The van der Waals surface area contributed by atoms with Crippen molar-refractivity contribution in [2.45, 2.75) is 6.61 Å². The van der Waals surface area contributed by atoms with Crippen molar-refractivity contribution in [2.75, 3.05) is 7.11 Å². The molecule has 0 aromatic heterocycles. The summed E-state index contributed by atoms with van der Waals surface area (Å²) >= 11 is 0. The minimum Gasteiger partial charge on any atom is -0.489 e. The molecule has 21 heavy (non-hydrogen) atoms. The zero-order chi connectivity index (χ0) is 14.9. The van der Waals surface area contributed by atoms with E-state index in [1.54, 1.807) is 0 Å². The second kappa shape index (κ2) is 7.69. The molecule has 0 unspecified atom stereocenters. The Morgan fingerprint density at radius 2 is 2.00 bits per heavy atom. The summed E-state index contributed by atoms with van der Waals surface area (Å²) in [5.74, 6) is 0.737. The van der Waals surface area contributed by atoms with E-state index in [1.807, 2.05) is 54.6 Å². The van der Waals surface area contributed by atoms with Crippen molar-refractivity contribution in [1.29, 1.82) is 0 Å². The molecule has 0 aliphatic rings. The van der Waals surface area contributed by atoms with Gasteiger partial charge >= 0.3 is 6.09 Å². The first kappa shape index (κ1) is 14.6. The van der Waals surface area contributed by atoms with E-state index in [9.17, 15) is 4.79 Å². The van der Waals surface area contributed by atoms with Gasteiger partial charge in [-0.25, -0.2) is 10.2 Å². The Labute approximate surface area is 123 Å². The van der Waals surface area contributed by atoms with Gasteiger partial charge in [-0.3, -0.25) is 0 Å². The Morgan fingerprint density at radius 3 is 2.76 bits per heavy atom. The molecule has 108 valence electrons. The van der Waals surface area contributed by atoms with Gasteiger partial charge in [0.1, 0.15) is 12.4 Å². The lowest BCUT2D eigenvalue weighted by Gasteiger charge is -2.06. The van der Waals surface area contributed by atoms with Crippen LogP contribution < -0.4 is 10.2 Å². The highest BCUT2D eigenvalue weighted by molar-refractivity contribution is 5.81. The van der Waals surface area contributed by atoms with Gasteiger partial charge < -0.3 is 9.47 Å². The average Bonchev–Trinajstić information content (AvgIpc) is 2.54. The van der Waals surface area contributed by atoms with Crippen LogP contribution in [0, 0.1) is 0 Å². The van der Waals surface area contributed by atoms with Gasteiger partial charge in [-0.1, -0.05) is 42.5 Å².